The summed E-state index contributed by atoms with van der Waals surface area (Å²) in [4.78, 5) is 39.1. The minimum atomic E-state index is -0.761. The Morgan fingerprint density at radius 1 is 0.906 bits per heavy atom. The standard InChI is InChI=1S/C26H21BrN2O3/c1-16-11-17(2)13-18(12-16)14-19-5-3-4-6-20(19)15-23-24(30)28-26(32)29(25(23)31)22-9-7-21(27)8-10-22/h3-13,15H,14H2,1-2H3,(H,28,30,32)/b23-15+. The number of anilines is 1. The average Bonchev–Trinajstić information content (AvgIpc) is 2.73. The molecule has 0 aromatic heterocycles. The number of amides is 4. The summed E-state index contributed by atoms with van der Waals surface area (Å²) in [7, 11) is 0. The smallest absolute Gasteiger partial charge is 0.273 e. The predicted octanol–water partition coefficient (Wildman–Crippen LogP) is 5.32. The normalized spacial score (nSPS) is 15.3. The van der Waals surface area contributed by atoms with E-state index in [0.717, 1.165) is 26.1 Å². The average molecular weight is 489 g/mol. The number of benzene rings is 3. The summed E-state index contributed by atoms with van der Waals surface area (Å²) < 4.78 is 0.818. The summed E-state index contributed by atoms with van der Waals surface area (Å²) in [6, 6.07) is 20.0. The highest BCUT2D eigenvalue weighted by molar-refractivity contribution is 9.10. The number of imide groups is 2. The first-order valence-corrected chi connectivity index (χ1v) is 10.9. The van der Waals surface area contributed by atoms with Crippen LogP contribution >= 0.6 is 15.9 Å². The van der Waals surface area contributed by atoms with E-state index in [9.17, 15) is 14.4 Å². The first kappa shape index (κ1) is 21.7. The van der Waals surface area contributed by atoms with Crippen LogP contribution in [0.1, 0.15) is 27.8 Å². The summed E-state index contributed by atoms with van der Waals surface area (Å²) in [6.07, 6.45) is 2.22. The zero-order valence-corrected chi connectivity index (χ0v) is 19.3. The van der Waals surface area contributed by atoms with E-state index in [1.54, 1.807) is 30.3 Å². The number of aryl methyl sites for hydroxylation is 2. The van der Waals surface area contributed by atoms with Crippen molar-refractivity contribution < 1.29 is 14.4 Å². The van der Waals surface area contributed by atoms with E-state index in [-0.39, 0.29) is 5.57 Å². The molecular weight excluding hydrogens is 468 g/mol. The number of barbiturate groups is 1. The van der Waals surface area contributed by atoms with Crippen molar-refractivity contribution in [2.75, 3.05) is 4.90 Å². The Hall–Kier alpha value is -3.51. The number of rotatable bonds is 4. The van der Waals surface area contributed by atoms with Crippen molar-refractivity contribution in [3.8, 4) is 0 Å². The lowest BCUT2D eigenvalue weighted by Crippen LogP contribution is -2.54. The van der Waals surface area contributed by atoms with Gasteiger partial charge >= 0.3 is 6.03 Å². The number of nitrogens with one attached hydrogen (secondary N) is 1. The molecule has 1 aliphatic heterocycles. The summed E-state index contributed by atoms with van der Waals surface area (Å²) >= 11 is 3.34. The van der Waals surface area contributed by atoms with Crippen LogP contribution < -0.4 is 10.2 Å². The molecule has 0 aliphatic carbocycles. The van der Waals surface area contributed by atoms with E-state index in [1.165, 1.54) is 11.1 Å². The maximum atomic E-state index is 13.2. The summed E-state index contributed by atoms with van der Waals surface area (Å²) in [5.41, 5.74) is 5.56. The van der Waals surface area contributed by atoms with Crippen LogP contribution in [-0.2, 0) is 16.0 Å². The van der Waals surface area contributed by atoms with Gasteiger partial charge in [0.2, 0.25) is 0 Å². The summed E-state index contributed by atoms with van der Waals surface area (Å²) in [5, 5.41) is 2.27. The van der Waals surface area contributed by atoms with Crippen molar-refractivity contribution in [3.05, 3.63) is 105 Å². The van der Waals surface area contributed by atoms with Gasteiger partial charge in [0.15, 0.2) is 0 Å². The van der Waals surface area contributed by atoms with Crippen LogP contribution in [0.3, 0.4) is 0 Å². The maximum Gasteiger partial charge on any atom is 0.335 e. The minimum Gasteiger partial charge on any atom is -0.273 e. The second-order valence-electron chi connectivity index (χ2n) is 7.81. The number of hydrogen-bond donors (Lipinski definition) is 1. The SMILES string of the molecule is Cc1cc(C)cc(Cc2ccccc2/C=C2\C(=O)NC(=O)N(c3ccc(Br)cc3)C2=O)c1. The fraction of sp³-hybridized carbons (Fsp3) is 0.115. The first-order chi connectivity index (χ1) is 15.3. The van der Waals surface area contributed by atoms with Crippen LogP contribution in [0.2, 0.25) is 0 Å². The fourth-order valence-electron chi connectivity index (χ4n) is 3.86. The molecule has 0 saturated carbocycles. The number of nitrogens with zero attached hydrogens (tertiary/aromatic N) is 1. The Kier molecular flexibility index (Phi) is 6.06. The molecule has 5 nitrogen and oxygen atoms in total. The van der Waals surface area contributed by atoms with E-state index in [0.29, 0.717) is 12.1 Å². The Morgan fingerprint density at radius 2 is 1.56 bits per heavy atom. The fourth-order valence-corrected chi connectivity index (χ4v) is 4.13. The maximum absolute atomic E-state index is 13.2. The molecule has 0 unspecified atom stereocenters. The van der Waals surface area contributed by atoms with Gasteiger partial charge in [-0.25, -0.2) is 9.69 Å². The van der Waals surface area contributed by atoms with E-state index >= 15 is 0 Å². The molecule has 3 aromatic rings. The van der Waals surface area contributed by atoms with Gasteiger partial charge in [-0.3, -0.25) is 14.9 Å². The molecule has 1 aliphatic rings. The first-order valence-electron chi connectivity index (χ1n) is 10.1. The second kappa shape index (κ2) is 8.93. The van der Waals surface area contributed by atoms with E-state index in [2.05, 4.69) is 53.3 Å². The van der Waals surface area contributed by atoms with Gasteiger partial charge in [-0.15, -0.1) is 0 Å². The molecule has 4 amide bonds. The van der Waals surface area contributed by atoms with Crippen molar-refractivity contribution in [3.63, 3.8) is 0 Å². The third kappa shape index (κ3) is 4.55. The molecule has 1 saturated heterocycles. The highest BCUT2D eigenvalue weighted by Gasteiger charge is 2.36. The topological polar surface area (TPSA) is 66.5 Å². The number of hydrogen-bond acceptors (Lipinski definition) is 3. The van der Waals surface area contributed by atoms with Gasteiger partial charge in [-0.05, 0) is 67.3 Å². The van der Waals surface area contributed by atoms with Gasteiger partial charge < -0.3 is 0 Å². The van der Waals surface area contributed by atoms with Gasteiger partial charge in [-0.2, -0.15) is 0 Å². The third-order valence-electron chi connectivity index (χ3n) is 5.22. The molecule has 0 bridgehead atoms. The molecule has 1 N–H and O–H groups in total. The number of carbonyl (C=O) groups is 3. The number of halogens is 1. The number of carbonyl (C=O) groups excluding carboxylic acids is 3. The Bertz CT molecular complexity index is 1240. The molecule has 4 rings (SSSR count). The largest absolute Gasteiger partial charge is 0.335 e. The minimum absolute atomic E-state index is 0.0830. The van der Waals surface area contributed by atoms with Crippen LogP contribution in [0.4, 0.5) is 10.5 Å². The van der Waals surface area contributed by atoms with Gasteiger partial charge in [0.25, 0.3) is 11.8 Å². The highest BCUT2D eigenvalue weighted by atomic mass is 79.9. The predicted molar refractivity (Wildman–Crippen MR) is 128 cm³/mol. The molecule has 160 valence electrons. The van der Waals surface area contributed by atoms with Crippen molar-refractivity contribution >= 4 is 45.5 Å². The second-order valence-corrected chi connectivity index (χ2v) is 8.72. The molecule has 6 heteroatoms. The zero-order chi connectivity index (χ0) is 22.8. The van der Waals surface area contributed by atoms with Crippen molar-refractivity contribution in [2.24, 2.45) is 0 Å². The monoisotopic (exact) mass is 488 g/mol. The summed E-state index contributed by atoms with van der Waals surface area (Å²) in [5.74, 6) is -1.35. The van der Waals surface area contributed by atoms with Crippen LogP contribution in [0.15, 0.2) is 76.8 Å². The Morgan fingerprint density at radius 3 is 2.25 bits per heavy atom. The van der Waals surface area contributed by atoms with Gasteiger partial charge in [0.05, 0.1) is 5.69 Å². The molecule has 0 radical (unpaired) electrons. The lowest BCUT2D eigenvalue weighted by atomic mass is 9.95. The molecular formula is C26H21BrN2O3. The van der Waals surface area contributed by atoms with E-state index in [1.807, 2.05) is 24.3 Å². The van der Waals surface area contributed by atoms with Gasteiger partial charge in [0.1, 0.15) is 5.57 Å². The van der Waals surface area contributed by atoms with E-state index < -0.39 is 17.8 Å². The molecule has 0 spiro atoms. The van der Waals surface area contributed by atoms with Crippen LogP contribution in [-0.4, -0.2) is 17.8 Å². The highest BCUT2D eigenvalue weighted by Crippen LogP contribution is 2.25. The van der Waals surface area contributed by atoms with Crippen molar-refractivity contribution in [1.82, 2.24) is 5.32 Å². The third-order valence-corrected chi connectivity index (χ3v) is 5.75. The number of urea groups is 1. The molecule has 3 aromatic carbocycles. The van der Waals surface area contributed by atoms with Gasteiger partial charge in [-0.1, -0.05) is 69.5 Å². The van der Waals surface area contributed by atoms with Gasteiger partial charge in [0, 0.05) is 4.47 Å². The Labute approximate surface area is 194 Å². The Balaban J connectivity index is 1.71. The lowest BCUT2D eigenvalue weighted by molar-refractivity contribution is -0.122. The molecule has 32 heavy (non-hydrogen) atoms. The van der Waals surface area contributed by atoms with Crippen LogP contribution in [0.25, 0.3) is 6.08 Å². The molecule has 1 fully saturated rings. The molecule has 1 heterocycles. The van der Waals surface area contributed by atoms with Crippen LogP contribution in [0, 0.1) is 13.8 Å². The quantitative estimate of drug-likeness (QED) is 0.399. The summed E-state index contributed by atoms with van der Waals surface area (Å²) in [6.45, 7) is 4.12. The van der Waals surface area contributed by atoms with Crippen LogP contribution in [0.5, 0.6) is 0 Å². The zero-order valence-electron chi connectivity index (χ0n) is 17.7. The van der Waals surface area contributed by atoms with Crippen molar-refractivity contribution in [2.45, 2.75) is 20.3 Å². The van der Waals surface area contributed by atoms with Crippen molar-refractivity contribution in [1.29, 1.82) is 0 Å². The van der Waals surface area contributed by atoms with E-state index in [4.69, 9.17) is 0 Å². The lowest BCUT2D eigenvalue weighted by Gasteiger charge is -2.26. The molecule has 0 atom stereocenters.